The fourth-order valence-electron chi connectivity index (χ4n) is 5.99. The van der Waals surface area contributed by atoms with Crippen LogP contribution in [0.5, 0.6) is 5.75 Å². The number of rotatable bonds is 17. The quantitative estimate of drug-likeness (QED) is 0.153. The number of fused-ring (bicyclic) bond motifs is 3. The van der Waals surface area contributed by atoms with E-state index in [4.69, 9.17) is 4.74 Å². The van der Waals surface area contributed by atoms with Gasteiger partial charge in [-0.3, -0.25) is 14.5 Å². The van der Waals surface area contributed by atoms with Crippen LogP contribution in [0.2, 0.25) is 0 Å². The molecule has 4 rings (SSSR count). The molecule has 1 unspecified atom stereocenters. The van der Waals surface area contributed by atoms with Gasteiger partial charge in [0.25, 0.3) is 0 Å². The van der Waals surface area contributed by atoms with Crippen molar-refractivity contribution in [2.24, 2.45) is 0 Å². The maximum absolute atomic E-state index is 14.3. The third-order valence-corrected chi connectivity index (χ3v) is 8.37. The number of carbonyl (C=O) groups excluding carboxylic acids is 2. The van der Waals surface area contributed by atoms with Gasteiger partial charge in [-0.1, -0.05) is 95.9 Å². The van der Waals surface area contributed by atoms with Crippen molar-refractivity contribution in [3.63, 3.8) is 0 Å². The summed E-state index contributed by atoms with van der Waals surface area (Å²) >= 11 is 0. The number of methoxy groups -OCH3 is 1. The first kappa shape index (κ1) is 31.4. The minimum Gasteiger partial charge on any atom is -0.497 e. The summed E-state index contributed by atoms with van der Waals surface area (Å²) in [6.07, 6.45) is 15.4. The molecule has 2 heterocycles. The molecule has 1 aliphatic rings. The summed E-state index contributed by atoms with van der Waals surface area (Å²) in [5.41, 5.74) is 3.85. The Morgan fingerprint density at radius 1 is 0.762 bits per heavy atom. The highest BCUT2D eigenvalue weighted by Crippen LogP contribution is 2.42. The summed E-state index contributed by atoms with van der Waals surface area (Å²) in [5.74, 6) is 0.803. The summed E-state index contributed by atoms with van der Waals surface area (Å²) < 4.78 is 7.57. The number of ether oxygens (including phenoxy) is 1. The number of hydrogen-bond acceptors (Lipinski definition) is 3. The van der Waals surface area contributed by atoms with Crippen molar-refractivity contribution in [3.8, 4) is 11.4 Å². The third kappa shape index (κ3) is 7.84. The fraction of sp³-hybridized carbons (Fsp3) is 0.500. The molecule has 0 radical (unpaired) electrons. The number of nitrogens with zero attached hydrogens (tertiary/aromatic N) is 3. The van der Waals surface area contributed by atoms with Crippen LogP contribution in [0.15, 0.2) is 66.9 Å². The second kappa shape index (κ2) is 16.2. The first-order chi connectivity index (χ1) is 20.6. The molecule has 1 atom stereocenters. The number of hydrogen-bond donors (Lipinski definition) is 0. The molecular weight excluding hydrogens is 522 g/mol. The molecule has 0 spiro atoms. The van der Waals surface area contributed by atoms with Crippen molar-refractivity contribution in [1.82, 2.24) is 9.47 Å². The van der Waals surface area contributed by atoms with E-state index in [2.05, 4.69) is 30.7 Å². The van der Waals surface area contributed by atoms with Gasteiger partial charge in [-0.2, -0.15) is 0 Å². The van der Waals surface area contributed by atoms with Crippen LogP contribution in [0.3, 0.4) is 0 Å². The van der Waals surface area contributed by atoms with E-state index in [0.29, 0.717) is 13.0 Å². The van der Waals surface area contributed by atoms with Crippen molar-refractivity contribution in [2.75, 3.05) is 25.1 Å². The zero-order valence-corrected chi connectivity index (χ0v) is 25.9. The van der Waals surface area contributed by atoms with Crippen molar-refractivity contribution in [3.05, 3.63) is 78.1 Å². The predicted octanol–water partition coefficient (Wildman–Crippen LogP) is 8.47. The number of para-hydroxylation sites is 2. The fourth-order valence-corrected chi connectivity index (χ4v) is 5.99. The van der Waals surface area contributed by atoms with Gasteiger partial charge in [-0.25, -0.2) is 0 Å². The molecule has 0 saturated heterocycles. The highest BCUT2D eigenvalue weighted by atomic mass is 16.5. The summed E-state index contributed by atoms with van der Waals surface area (Å²) in [5, 5.41) is 0. The topological polar surface area (TPSA) is 54.8 Å². The Morgan fingerprint density at radius 3 is 2.07 bits per heavy atom. The lowest BCUT2D eigenvalue weighted by atomic mass is 9.97. The molecule has 0 aliphatic carbocycles. The Morgan fingerprint density at radius 2 is 1.40 bits per heavy atom. The second-order valence-electron chi connectivity index (χ2n) is 11.5. The van der Waals surface area contributed by atoms with Crippen molar-refractivity contribution in [1.29, 1.82) is 0 Å². The summed E-state index contributed by atoms with van der Waals surface area (Å²) in [4.78, 5) is 31.4. The molecule has 6 heteroatoms. The Hall–Kier alpha value is -3.54. The van der Waals surface area contributed by atoms with Crippen molar-refractivity contribution >= 4 is 17.5 Å². The number of benzene rings is 2. The lowest BCUT2D eigenvalue weighted by Gasteiger charge is -2.39. The maximum atomic E-state index is 14.3. The van der Waals surface area contributed by atoms with Gasteiger partial charge in [0.15, 0.2) is 0 Å². The zero-order valence-electron chi connectivity index (χ0n) is 25.9. The first-order valence-electron chi connectivity index (χ1n) is 16.1. The number of unbranched alkanes of at least 4 members (excludes halogenated alkanes) is 9. The van der Waals surface area contributed by atoms with E-state index in [1.54, 1.807) is 12.0 Å². The van der Waals surface area contributed by atoms with Crippen LogP contribution in [0.1, 0.15) is 108 Å². The third-order valence-electron chi connectivity index (χ3n) is 8.37. The second-order valence-corrected chi connectivity index (χ2v) is 11.5. The zero-order chi connectivity index (χ0) is 29.7. The molecule has 1 aliphatic heterocycles. The highest BCUT2D eigenvalue weighted by molar-refractivity contribution is 6.00. The lowest BCUT2D eigenvalue weighted by Crippen LogP contribution is -2.47. The largest absolute Gasteiger partial charge is 0.497 e. The normalized spacial score (nSPS) is 13.9. The SMILES string of the molecule is CCCCCCCCCCCC(=O)N(CCCC)CC(=O)N1c2ccccc2-n2cccc2C1c1ccc(OC)cc1. The molecular formula is C36H49N3O3. The molecule has 42 heavy (non-hydrogen) atoms. The molecule has 1 aromatic heterocycles. The highest BCUT2D eigenvalue weighted by Gasteiger charge is 2.36. The average Bonchev–Trinajstić information content (AvgIpc) is 3.51. The van der Waals surface area contributed by atoms with Crippen LogP contribution < -0.4 is 9.64 Å². The van der Waals surface area contributed by atoms with Crippen LogP contribution in [0.4, 0.5) is 5.69 Å². The maximum Gasteiger partial charge on any atom is 0.247 e. The predicted molar refractivity (Wildman–Crippen MR) is 171 cm³/mol. The Labute approximate surface area is 252 Å². The van der Waals surface area contributed by atoms with Gasteiger partial charge >= 0.3 is 0 Å². The molecule has 0 bridgehead atoms. The van der Waals surface area contributed by atoms with Gasteiger partial charge in [0.2, 0.25) is 11.8 Å². The number of carbonyl (C=O) groups is 2. The van der Waals surface area contributed by atoms with Gasteiger partial charge in [-0.15, -0.1) is 0 Å². The molecule has 2 amide bonds. The Balaban J connectivity index is 1.49. The summed E-state index contributed by atoms with van der Waals surface area (Å²) in [6.45, 7) is 5.06. The first-order valence-corrected chi connectivity index (χ1v) is 16.1. The molecule has 0 saturated carbocycles. The van der Waals surface area contributed by atoms with Gasteiger partial charge in [0, 0.05) is 19.2 Å². The van der Waals surface area contributed by atoms with Gasteiger partial charge in [-0.05, 0) is 54.8 Å². The van der Waals surface area contributed by atoms with Gasteiger partial charge in [0.05, 0.1) is 24.2 Å². The average molecular weight is 572 g/mol. The van der Waals surface area contributed by atoms with Crippen LogP contribution in [-0.4, -0.2) is 41.5 Å². The van der Waals surface area contributed by atoms with Crippen molar-refractivity contribution in [2.45, 2.75) is 96.9 Å². The van der Waals surface area contributed by atoms with Crippen molar-refractivity contribution < 1.29 is 14.3 Å². The Bertz CT molecular complexity index is 1270. The van der Waals surface area contributed by atoms with E-state index < -0.39 is 0 Å². The number of amides is 2. The smallest absolute Gasteiger partial charge is 0.247 e. The minimum absolute atomic E-state index is 0.0627. The Kier molecular flexibility index (Phi) is 12.1. The number of anilines is 1. The van der Waals surface area contributed by atoms with E-state index in [-0.39, 0.29) is 24.4 Å². The van der Waals surface area contributed by atoms with E-state index in [1.165, 1.54) is 44.9 Å². The van der Waals surface area contributed by atoms with Gasteiger partial charge < -0.3 is 14.2 Å². The van der Waals surface area contributed by atoms with Crippen LogP contribution in [0, 0.1) is 0 Å². The summed E-state index contributed by atoms with van der Waals surface area (Å²) in [7, 11) is 1.66. The minimum atomic E-state index is -0.311. The van der Waals surface area contributed by atoms with E-state index in [9.17, 15) is 9.59 Å². The molecule has 6 nitrogen and oxygen atoms in total. The van der Waals surface area contributed by atoms with E-state index in [0.717, 1.165) is 54.1 Å². The molecule has 0 fully saturated rings. The van der Waals surface area contributed by atoms with Gasteiger partial charge in [0.1, 0.15) is 18.3 Å². The molecule has 0 N–H and O–H groups in total. The monoisotopic (exact) mass is 571 g/mol. The lowest BCUT2D eigenvalue weighted by molar-refractivity contribution is -0.135. The molecule has 226 valence electrons. The summed E-state index contributed by atoms with van der Waals surface area (Å²) in [6, 6.07) is 19.8. The molecule has 3 aromatic rings. The van der Waals surface area contributed by atoms with E-state index >= 15 is 0 Å². The standard InChI is InChI=1S/C36H49N3O3/c1-4-6-8-9-10-11-12-13-14-21-34(40)37(26-7-5-2)28-35(41)39-32-19-16-15-18-31(32)38-27-17-20-33(38)36(39)29-22-24-30(42-3)25-23-29/h15-20,22-25,27,36H,4-14,21,26,28H2,1-3H3. The number of aromatic nitrogens is 1. The van der Waals surface area contributed by atoms with Crippen LogP contribution >= 0.6 is 0 Å². The van der Waals surface area contributed by atoms with Crippen LogP contribution in [-0.2, 0) is 9.59 Å². The van der Waals surface area contributed by atoms with Crippen LogP contribution in [0.25, 0.3) is 5.69 Å². The molecule has 2 aromatic carbocycles. The van der Waals surface area contributed by atoms with E-state index in [1.807, 2.05) is 59.5 Å².